The number of hydrogen-bond donors (Lipinski definition) is 0. The summed E-state index contributed by atoms with van der Waals surface area (Å²) in [5.41, 5.74) is 0. The molecule has 0 atom stereocenters. The van der Waals surface area contributed by atoms with E-state index in [0.29, 0.717) is 15.8 Å². The Morgan fingerprint density at radius 1 is 1.11 bits per heavy atom. The zero-order valence-corrected chi connectivity index (χ0v) is 12.3. The second kappa shape index (κ2) is 5.54. The van der Waals surface area contributed by atoms with Gasteiger partial charge < -0.3 is 4.74 Å². The maximum absolute atomic E-state index is 11.0. The maximum Gasteiger partial charge on any atom is 0.262 e. The molecule has 0 saturated heterocycles. The quantitative estimate of drug-likeness (QED) is 0.790. The molecule has 0 radical (unpaired) electrons. The summed E-state index contributed by atoms with van der Waals surface area (Å²) in [6.45, 7) is 0. The van der Waals surface area contributed by atoms with E-state index < -0.39 is 9.05 Å². The largest absolute Gasteiger partial charge is 0.437 e. The van der Waals surface area contributed by atoms with Crippen LogP contribution in [-0.4, -0.2) is 13.4 Å². The standard InChI is InChI=1S/C11H6Cl3NO3S/c12-7-1-3-9(13)10(5-7)18-11-4-2-8(6-15-11)19(14,16)17/h1-6H. The molecule has 0 spiro atoms. The van der Waals surface area contributed by atoms with E-state index in [1.54, 1.807) is 12.1 Å². The van der Waals surface area contributed by atoms with Gasteiger partial charge in [-0.25, -0.2) is 13.4 Å². The first-order valence-corrected chi connectivity index (χ1v) is 7.96. The van der Waals surface area contributed by atoms with E-state index in [4.69, 9.17) is 38.6 Å². The third-order valence-corrected chi connectivity index (χ3v) is 3.98. The van der Waals surface area contributed by atoms with Crippen LogP contribution in [0.2, 0.25) is 10.0 Å². The molecule has 0 aliphatic carbocycles. The summed E-state index contributed by atoms with van der Waals surface area (Å²) >= 11 is 11.7. The molecule has 19 heavy (non-hydrogen) atoms. The molecule has 0 aliphatic rings. The number of halogens is 3. The Kier molecular flexibility index (Phi) is 4.20. The Morgan fingerprint density at radius 2 is 1.84 bits per heavy atom. The van der Waals surface area contributed by atoms with Gasteiger partial charge in [0.25, 0.3) is 9.05 Å². The van der Waals surface area contributed by atoms with Crippen molar-refractivity contribution in [3.63, 3.8) is 0 Å². The molecule has 0 unspecified atom stereocenters. The summed E-state index contributed by atoms with van der Waals surface area (Å²) in [6.07, 6.45) is 1.09. The number of ether oxygens (including phenoxy) is 1. The average molecular weight is 339 g/mol. The molecule has 0 saturated carbocycles. The monoisotopic (exact) mass is 337 g/mol. The van der Waals surface area contributed by atoms with E-state index in [0.717, 1.165) is 6.20 Å². The topological polar surface area (TPSA) is 56.3 Å². The van der Waals surface area contributed by atoms with Crippen molar-refractivity contribution in [2.45, 2.75) is 4.90 Å². The molecule has 0 aliphatic heterocycles. The smallest absolute Gasteiger partial charge is 0.262 e. The van der Waals surface area contributed by atoms with Gasteiger partial charge in [0, 0.05) is 27.8 Å². The molecule has 0 bridgehead atoms. The third kappa shape index (κ3) is 3.73. The Hall–Kier alpha value is -1.01. The van der Waals surface area contributed by atoms with E-state index in [1.807, 2.05) is 0 Å². The minimum absolute atomic E-state index is 0.112. The first-order chi connectivity index (χ1) is 8.86. The molecule has 8 heteroatoms. The molecule has 0 fully saturated rings. The second-order valence-corrected chi connectivity index (χ2v) is 6.86. The lowest BCUT2D eigenvalue weighted by Crippen LogP contribution is -1.93. The van der Waals surface area contributed by atoms with Crippen molar-refractivity contribution in [1.29, 1.82) is 0 Å². The number of hydrogen-bond acceptors (Lipinski definition) is 4. The highest BCUT2D eigenvalue weighted by molar-refractivity contribution is 8.13. The van der Waals surface area contributed by atoms with E-state index in [9.17, 15) is 8.42 Å². The highest BCUT2D eigenvalue weighted by atomic mass is 35.7. The molecular formula is C11H6Cl3NO3S. The zero-order chi connectivity index (χ0) is 14.0. The van der Waals surface area contributed by atoms with E-state index >= 15 is 0 Å². The van der Waals surface area contributed by atoms with E-state index in [2.05, 4.69) is 4.98 Å². The number of aromatic nitrogens is 1. The molecule has 1 aromatic carbocycles. The van der Waals surface area contributed by atoms with Crippen LogP contribution in [0.3, 0.4) is 0 Å². The number of benzene rings is 1. The van der Waals surface area contributed by atoms with Gasteiger partial charge in [0.05, 0.1) is 11.2 Å². The van der Waals surface area contributed by atoms with E-state index in [-0.39, 0.29) is 10.8 Å². The average Bonchev–Trinajstić information content (AvgIpc) is 2.33. The highest BCUT2D eigenvalue weighted by Gasteiger charge is 2.11. The molecule has 0 N–H and O–H groups in total. The Morgan fingerprint density at radius 3 is 2.42 bits per heavy atom. The predicted molar refractivity (Wildman–Crippen MR) is 73.8 cm³/mol. The van der Waals surface area contributed by atoms with Crippen LogP contribution >= 0.6 is 33.9 Å². The normalized spacial score (nSPS) is 11.3. The third-order valence-electron chi connectivity index (χ3n) is 2.10. The minimum Gasteiger partial charge on any atom is -0.437 e. The van der Waals surface area contributed by atoms with Crippen molar-refractivity contribution in [1.82, 2.24) is 4.98 Å². The molecule has 1 heterocycles. The molecule has 0 amide bonds. The van der Waals surface area contributed by atoms with Crippen LogP contribution in [0.15, 0.2) is 41.4 Å². The van der Waals surface area contributed by atoms with Crippen molar-refractivity contribution < 1.29 is 13.2 Å². The fraction of sp³-hybridized carbons (Fsp3) is 0. The highest BCUT2D eigenvalue weighted by Crippen LogP contribution is 2.31. The van der Waals surface area contributed by atoms with Gasteiger partial charge in [-0.15, -0.1) is 0 Å². The fourth-order valence-corrected chi connectivity index (χ4v) is 2.24. The summed E-state index contributed by atoms with van der Waals surface area (Å²) in [5, 5.41) is 0.819. The van der Waals surface area contributed by atoms with Gasteiger partial charge >= 0.3 is 0 Å². The number of nitrogens with zero attached hydrogens (tertiary/aromatic N) is 1. The SMILES string of the molecule is O=S(=O)(Cl)c1ccc(Oc2cc(Cl)ccc2Cl)nc1. The van der Waals surface area contributed by atoms with Crippen LogP contribution in [0, 0.1) is 0 Å². The molecule has 100 valence electrons. The van der Waals surface area contributed by atoms with Crippen LogP contribution in [0.5, 0.6) is 11.6 Å². The van der Waals surface area contributed by atoms with Crippen molar-refractivity contribution in [2.75, 3.05) is 0 Å². The van der Waals surface area contributed by atoms with Gasteiger partial charge in [-0.05, 0) is 18.2 Å². The van der Waals surface area contributed by atoms with Crippen LogP contribution in [0.1, 0.15) is 0 Å². The van der Waals surface area contributed by atoms with Crippen molar-refractivity contribution in [3.05, 3.63) is 46.6 Å². The molecule has 4 nitrogen and oxygen atoms in total. The number of pyridine rings is 1. The predicted octanol–water partition coefficient (Wildman–Crippen LogP) is 4.11. The molecule has 2 aromatic rings. The lowest BCUT2D eigenvalue weighted by atomic mass is 10.3. The first kappa shape index (κ1) is 14.4. The minimum atomic E-state index is -3.80. The summed E-state index contributed by atoms with van der Waals surface area (Å²) in [6, 6.07) is 7.37. The Balaban J connectivity index is 2.27. The van der Waals surface area contributed by atoms with Crippen molar-refractivity contribution in [3.8, 4) is 11.6 Å². The zero-order valence-electron chi connectivity index (χ0n) is 9.18. The van der Waals surface area contributed by atoms with Gasteiger partial charge in [-0.1, -0.05) is 23.2 Å². The van der Waals surface area contributed by atoms with Gasteiger partial charge in [-0.2, -0.15) is 0 Å². The Bertz CT molecular complexity index is 702. The van der Waals surface area contributed by atoms with Crippen LogP contribution in [0.4, 0.5) is 0 Å². The summed E-state index contributed by atoms with van der Waals surface area (Å²) < 4.78 is 27.5. The molecular weight excluding hydrogens is 333 g/mol. The first-order valence-electron chi connectivity index (χ1n) is 4.90. The summed E-state index contributed by atoms with van der Waals surface area (Å²) in [5.74, 6) is 0.497. The second-order valence-electron chi connectivity index (χ2n) is 3.45. The van der Waals surface area contributed by atoms with Gasteiger partial charge in [0.2, 0.25) is 5.88 Å². The Labute approximate surface area is 124 Å². The van der Waals surface area contributed by atoms with E-state index in [1.165, 1.54) is 18.2 Å². The fourth-order valence-electron chi connectivity index (χ4n) is 1.24. The molecule has 1 aromatic heterocycles. The van der Waals surface area contributed by atoms with Gasteiger partial charge in [0.15, 0.2) is 0 Å². The summed E-state index contributed by atoms with van der Waals surface area (Å²) in [4.78, 5) is 3.71. The molecule has 2 rings (SSSR count). The lowest BCUT2D eigenvalue weighted by molar-refractivity contribution is 0.462. The van der Waals surface area contributed by atoms with Crippen molar-refractivity contribution in [2.24, 2.45) is 0 Å². The van der Waals surface area contributed by atoms with Gasteiger partial charge in [-0.3, -0.25) is 0 Å². The summed E-state index contributed by atoms with van der Waals surface area (Å²) in [7, 11) is 1.37. The van der Waals surface area contributed by atoms with Crippen LogP contribution in [0.25, 0.3) is 0 Å². The van der Waals surface area contributed by atoms with Crippen molar-refractivity contribution >= 4 is 42.9 Å². The van der Waals surface area contributed by atoms with Gasteiger partial charge in [0.1, 0.15) is 10.6 Å². The lowest BCUT2D eigenvalue weighted by Gasteiger charge is -2.07. The van der Waals surface area contributed by atoms with Crippen LogP contribution in [-0.2, 0) is 9.05 Å². The maximum atomic E-state index is 11.0. The van der Waals surface area contributed by atoms with Crippen LogP contribution < -0.4 is 4.74 Å². The number of rotatable bonds is 3.